The zero-order valence-electron chi connectivity index (χ0n) is 8.28. The molecule has 6 nitrogen and oxygen atoms in total. The van der Waals surface area contributed by atoms with E-state index in [1.54, 1.807) is 12.1 Å². The van der Waals surface area contributed by atoms with Crippen LogP contribution in [0.5, 0.6) is 5.75 Å². The molecule has 82 valence electrons. The molecule has 0 saturated carbocycles. The summed E-state index contributed by atoms with van der Waals surface area (Å²) in [4.78, 5) is 10.1. The number of hydrogen-bond donors (Lipinski definition) is 1. The Balaban J connectivity index is 2.21. The Bertz CT molecular complexity index is 522. The van der Waals surface area contributed by atoms with Crippen molar-refractivity contribution in [2.24, 2.45) is 0 Å². The standard InChI is InChI=1S/C10H9N3O3/c14-10-5-11-12(7-10)6-8-2-1-3-9(4-8)13(15)16/h1-5,7,14H,6H2. The van der Waals surface area contributed by atoms with E-state index in [0.29, 0.717) is 6.54 Å². The zero-order valence-corrected chi connectivity index (χ0v) is 8.28. The number of nitro groups is 1. The molecule has 2 aromatic rings. The second-order valence-electron chi connectivity index (χ2n) is 3.32. The van der Waals surface area contributed by atoms with E-state index in [4.69, 9.17) is 5.11 Å². The molecule has 0 radical (unpaired) electrons. The first-order chi connectivity index (χ1) is 7.65. The molecule has 1 aromatic carbocycles. The van der Waals surface area contributed by atoms with Crippen molar-refractivity contribution in [1.82, 2.24) is 9.78 Å². The molecule has 0 atom stereocenters. The van der Waals surface area contributed by atoms with Gasteiger partial charge in [-0.15, -0.1) is 0 Å². The lowest BCUT2D eigenvalue weighted by atomic mass is 10.2. The second kappa shape index (κ2) is 4.01. The van der Waals surface area contributed by atoms with Gasteiger partial charge in [0.2, 0.25) is 0 Å². The van der Waals surface area contributed by atoms with Gasteiger partial charge in [-0.2, -0.15) is 5.10 Å². The molecule has 0 unspecified atom stereocenters. The van der Waals surface area contributed by atoms with Gasteiger partial charge in [0.05, 0.1) is 23.9 Å². The fourth-order valence-corrected chi connectivity index (χ4v) is 1.39. The van der Waals surface area contributed by atoms with Crippen molar-refractivity contribution in [2.45, 2.75) is 6.54 Å². The molecule has 0 fully saturated rings. The average molecular weight is 219 g/mol. The van der Waals surface area contributed by atoms with Crippen molar-refractivity contribution in [1.29, 1.82) is 0 Å². The lowest BCUT2D eigenvalue weighted by molar-refractivity contribution is -0.384. The molecule has 0 aliphatic heterocycles. The van der Waals surface area contributed by atoms with Gasteiger partial charge in [0.1, 0.15) is 0 Å². The molecular formula is C10H9N3O3. The number of non-ortho nitro benzene ring substituents is 1. The topological polar surface area (TPSA) is 81.2 Å². The highest BCUT2D eigenvalue weighted by Gasteiger charge is 2.06. The van der Waals surface area contributed by atoms with Gasteiger partial charge in [-0.25, -0.2) is 0 Å². The number of benzene rings is 1. The molecule has 0 amide bonds. The predicted octanol–water partition coefficient (Wildman–Crippen LogP) is 1.55. The van der Waals surface area contributed by atoms with Gasteiger partial charge in [0.25, 0.3) is 5.69 Å². The molecule has 0 aliphatic carbocycles. The quantitative estimate of drug-likeness (QED) is 0.627. The maximum Gasteiger partial charge on any atom is 0.269 e. The number of hydrogen-bond acceptors (Lipinski definition) is 4. The summed E-state index contributed by atoms with van der Waals surface area (Å²) >= 11 is 0. The van der Waals surface area contributed by atoms with Crippen LogP contribution in [0.4, 0.5) is 5.69 Å². The summed E-state index contributed by atoms with van der Waals surface area (Å²) in [5.41, 5.74) is 0.811. The van der Waals surface area contributed by atoms with E-state index in [1.807, 2.05) is 0 Å². The van der Waals surface area contributed by atoms with Crippen molar-refractivity contribution in [3.05, 3.63) is 52.3 Å². The molecular weight excluding hydrogens is 210 g/mol. The van der Waals surface area contributed by atoms with E-state index < -0.39 is 4.92 Å². The Morgan fingerprint density at radius 2 is 2.31 bits per heavy atom. The van der Waals surface area contributed by atoms with Gasteiger partial charge in [-0.3, -0.25) is 14.8 Å². The highest BCUT2D eigenvalue weighted by atomic mass is 16.6. The number of nitrogens with zero attached hydrogens (tertiary/aromatic N) is 3. The largest absolute Gasteiger partial charge is 0.505 e. The number of rotatable bonds is 3. The molecule has 2 rings (SSSR count). The van der Waals surface area contributed by atoms with Crippen LogP contribution < -0.4 is 0 Å². The third-order valence-corrected chi connectivity index (χ3v) is 2.09. The monoisotopic (exact) mass is 219 g/mol. The Morgan fingerprint density at radius 3 is 2.94 bits per heavy atom. The Kier molecular flexibility index (Phi) is 2.55. The first-order valence-electron chi connectivity index (χ1n) is 4.60. The number of aromatic nitrogens is 2. The van der Waals surface area contributed by atoms with Crippen LogP contribution in [0.15, 0.2) is 36.7 Å². The van der Waals surface area contributed by atoms with Crippen LogP contribution >= 0.6 is 0 Å². The third kappa shape index (κ3) is 2.17. The Morgan fingerprint density at radius 1 is 1.50 bits per heavy atom. The summed E-state index contributed by atoms with van der Waals surface area (Å²) in [5.74, 6) is 0.0745. The summed E-state index contributed by atoms with van der Waals surface area (Å²) < 4.78 is 1.51. The maximum atomic E-state index is 10.6. The van der Waals surface area contributed by atoms with Crippen molar-refractivity contribution in [2.75, 3.05) is 0 Å². The van der Waals surface area contributed by atoms with Crippen LogP contribution in [0.3, 0.4) is 0 Å². The lowest BCUT2D eigenvalue weighted by Gasteiger charge is -2.01. The molecule has 1 heterocycles. The van der Waals surface area contributed by atoms with Crippen molar-refractivity contribution >= 4 is 5.69 Å². The SMILES string of the molecule is O=[N+]([O-])c1cccc(Cn2cc(O)cn2)c1. The molecule has 0 saturated heterocycles. The summed E-state index contributed by atoms with van der Waals surface area (Å²) in [7, 11) is 0. The lowest BCUT2D eigenvalue weighted by Crippen LogP contribution is -2.00. The van der Waals surface area contributed by atoms with Gasteiger partial charge in [0, 0.05) is 12.1 Å². The predicted molar refractivity (Wildman–Crippen MR) is 56.1 cm³/mol. The highest BCUT2D eigenvalue weighted by molar-refractivity contribution is 5.34. The zero-order chi connectivity index (χ0) is 11.5. The van der Waals surface area contributed by atoms with E-state index in [0.717, 1.165) is 5.56 Å². The Hall–Kier alpha value is -2.37. The van der Waals surface area contributed by atoms with Crippen LogP contribution in [0.1, 0.15) is 5.56 Å². The van der Waals surface area contributed by atoms with Crippen LogP contribution in [0.25, 0.3) is 0 Å². The smallest absolute Gasteiger partial charge is 0.269 e. The van der Waals surface area contributed by atoms with Gasteiger partial charge < -0.3 is 5.11 Å². The minimum Gasteiger partial charge on any atom is -0.505 e. The molecule has 16 heavy (non-hydrogen) atoms. The molecule has 0 bridgehead atoms. The second-order valence-corrected chi connectivity index (χ2v) is 3.32. The highest BCUT2D eigenvalue weighted by Crippen LogP contribution is 2.14. The first-order valence-corrected chi connectivity index (χ1v) is 4.60. The summed E-state index contributed by atoms with van der Waals surface area (Å²) in [6, 6.07) is 6.31. The fourth-order valence-electron chi connectivity index (χ4n) is 1.39. The van der Waals surface area contributed by atoms with E-state index in [2.05, 4.69) is 5.10 Å². The maximum absolute atomic E-state index is 10.6. The van der Waals surface area contributed by atoms with Crippen LogP contribution in [-0.2, 0) is 6.54 Å². The van der Waals surface area contributed by atoms with Crippen molar-refractivity contribution < 1.29 is 10.0 Å². The van der Waals surface area contributed by atoms with Crippen molar-refractivity contribution in [3.8, 4) is 5.75 Å². The normalized spacial score (nSPS) is 10.2. The summed E-state index contributed by atoms with van der Waals surface area (Å²) in [5, 5.41) is 23.5. The third-order valence-electron chi connectivity index (χ3n) is 2.09. The molecule has 1 N–H and O–H groups in total. The minimum atomic E-state index is -0.440. The average Bonchev–Trinajstić information content (AvgIpc) is 2.64. The summed E-state index contributed by atoms with van der Waals surface area (Å²) in [6.07, 6.45) is 2.77. The first kappa shape index (κ1) is 10.2. The van der Waals surface area contributed by atoms with Crippen LogP contribution in [-0.4, -0.2) is 19.8 Å². The minimum absolute atomic E-state index is 0.0499. The number of aromatic hydroxyl groups is 1. The molecule has 6 heteroatoms. The molecule has 0 aliphatic rings. The number of nitro benzene ring substituents is 1. The molecule has 0 spiro atoms. The van der Waals surface area contributed by atoms with E-state index in [1.165, 1.54) is 29.2 Å². The summed E-state index contributed by atoms with van der Waals surface area (Å²) in [6.45, 7) is 0.391. The van der Waals surface area contributed by atoms with Gasteiger partial charge >= 0.3 is 0 Å². The van der Waals surface area contributed by atoms with E-state index >= 15 is 0 Å². The van der Waals surface area contributed by atoms with Gasteiger partial charge in [-0.05, 0) is 5.56 Å². The van der Waals surface area contributed by atoms with Gasteiger partial charge in [-0.1, -0.05) is 12.1 Å². The van der Waals surface area contributed by atoms with E-state index in [9.17, 15) is 10.1 Å². The fraction of sp³-hybridized carbons (Fsp3) is 0.100. The van der Waals surface area contributed by atoms with E-state index in [-0.39, 0.29) is 11.4 Å². The molecule has 1 aromatic heterocycles. The van der Waals surface area contributed by atoms with Gasteiger partial charge in [0.15, 0.2) is 5.75 Å². The Labute approximate surface area is 90.9 Å². The van der Waals surface area contributed by atoms with Crippen molar-refractivity contribution in [3.63, 3.8) is 0 Å². The van der Waals surface area contributed by atoms with Crippen LogP contribution in [0, 0.1) is 10.1 Å². The van der Waals surface area contributed by atoms with Crippen LogP contribution in [0.2, 0.25) is 0 Å².